The summed E-state index contributed by atoms with van der Waals surface area (Å²) in [5.41, 5.74) is 5.51. The van der Waals surface area contributed by atoms with Gasteiger partial charge < -0.3 is 4.90 Å². The van der Waals surface area contributed by atoms with Gasteiger partial charge in [0.05, 0.1) is 6.20 Å². The lowest BCUT2D eigenvalue weighted by Crippen LogP contribution is -2.39. The first-order valence-corrected chi connectivity index (χ1v) is 10.9. The molecule has 0 radical (unpaired) electrons. The van der Waals surface area contributed by atoms with Crippen molar-refractivity contribution in [2.75, 3.05) is 19.3 Å². The highest BCUT2D eigenvalue weighted by Gasteiger charge is 2.28. The topological polar surface area (TPSA) is 49.0 Å². The number of thioether (sulfide) groups is 1. The van der Waals surface area contributed by atoms with Gasteiger partial charge in [0.1, 0.15) is 0 Å². The molecule has 4 rings (SSSR count). The van der Waals surface area contributed by atoms with Crippen molar-refractivity contribution in [2.24, 2.45) is 0 Å². The van der Waals surface area contributed by atoms with E-state index in [0.29, 0.717) is 0 Å². The second-order valence-electron chi connectivity index (χ2n) is 7.33. The summed E-state index contributed by atoms with van der Waals surface area (Å²) in [5.74, 6) is 0.398. The Hall–Kier alpha value is -2.53. The zero-order valence-electron chi connectivity index (χ0n) is 16.3. The molecule has 1 fully saturated rings. The molecular formula is C23H25N3OS. The molecule has 0 bridgehead atoms. The van der Waals surface area contributed by atoms with E-state index in [2.05, 4.69) is 41.4 Å². The molecule has 0 aliphatic carbocycles. The number of aromatic amines is 1. The molecule has 1 aliphatic rings. The van der Waals surface area contributed by atoms with E-state index in [0.717, 1.165) is 42.8 Å². The first kappa shape index (κ1) is 18.8. The summed E-state index contributed by atoms with van der Waals surface area (Å²) < 4.78 is 0. The van der Waals surface area contributed by atoms with Crippen LogP contribution in [0.25, 0.3) is 11.1 Å². The lowest BCUT2D eigenvalue weighted by Gasteiger charge is -2.33. The Morgan fingerprint density at radius 2 is 1.93 bits per heavy atom. The average Bonchev–Trinajstić information content (AvgIpc) is 3.23. The number of hydrogen-bond donors (Lipinski definition) is 1. The minimum Gasteiger partial charge on any atom is -0.338 e. The van der Waals surface area contributed by atoms with Crippen LogP contribution in [0, 0.1) is 6.92 Å². The SMILES string of the molecule is CSc1ccc(C(=O)N2CCCC(c3[nH]ncc3-c3ccccc3C)C2)cc1. The molecule has 0 spiro atoms. The molecule has 1 unspecified atom stereocenters. The second-order valence-corrected chi connectivity index (χ2v) is 8.21. The summed E-state index contributed by atoms with van der Waals surface area (Å²) >= 11 is 1.69. The Morgan fingerprint density at radius 3 is 2.68 bits per heavy atom. The van der Waals surface area contributed by atoms with E-state index in [4.69, 9.17) is 0 Å². The summed E-state index contributed by atoms with van der Waals surface area (Å²) in [5, 5.41) is 7.56. The highest BCUT2D eigenvalue weighted by atomic mass is 32.2. The van der Waals surface area contributed by atoms with Crippen LogP contribution in [0.4, 0.5) is 0 Å². The second kappa shape index (κ2) is 8.23. The van der Waals surface area contributed by atoms with E-state index in [1.54, 1.807) is 11.8 Å². The van der Waals surface area contributed by atoms with Crippen molar-refractivity contribution >= 4 is 17.7 Å². The number of H-pyrrole nitrogens is 1. The molecule has 144 valence electrons. The molecule has 1 saturated heterocycles. The maximum atomic E-state index is 13.0. The van der Waals surface area contributed by atoms with E-state index in [1.165, 1.54) is 16.0 Å². The monoisotopic (exact) mass is 391 g/mol. The van der Waals surface area contributed by atoms with Gasteiger partial charge in [0.15, 0.2) is 0 Å². The molecule has 1 N–H and O–H groups in total. The fourth-order valence-corrected chi connectivity index (χ4v) is 4.42. The van der Waals surface area contributed by atoms with Gasteiger partial charge in [-0.15, -0.1) is 11.8 Å². The number of nitrogens with zero attached hydrogens (tertiary/aromatic N) is 2. The molecule has 2 aromatic carbocycles. The number of aromatic nitrogens is 2. The fourth-order valence-electron chi connectivity index (χ4n) is 4.01. The summed E-state index contributed by atoms with van der Waals surface area (Å²) in [6.45, 7) is 3.67. The number of likely N-dealkylation sites (tertiary alicyclic amines) is 1. The molecule has 4 nitrogen and oxygen atoms in total. The Morgan fingerprint density at radius 1 is 1.14 bits per heavy atom. The van der Waals surface area contributed by atoms with Gasteiger partial charge in [-0.3, -0.25) is 9.89 Å². The Bertz CT molecular complexity index is 964. The maximum Gasteiger partial charge on any atom is 0.253 e. The van der Waals surface area contributed by atoms with Crippen LogP contribution >= 0.6 is 11.8 Å². The predicted octanol–water partition coefficient (Wildman–Crippen LogP) is 5.13. The van der Waals surface area contributed by atoms with Gasteiger partial charge in [-0.25, -0.2) is 0 Å². The molecule has 28 heavy (non-hydrogen) atoms. The predicted molar refractivity (Wildman–Crippen MR) is 115 cm³/mol. The van der Waals surface area contributed by atoms with Gasteiger partial charge in [0, 0.05) is 40.7 Å². The number of amides is 1. The number of carbonyl (C=O) groups is 1. The molecule has 1 amide bonds. The van der Waals surface area contributed by atoms with Crippen molar-refractivity contribution in [3.8, 4) is 11.1 Å². The number of piperidine rings is 1. The van der Waals surface area contributed by atoms with E-state index in [-0.39, 0.29) is 11.8 Å². The molecule has 1 aliphatic heterocycles. The third-order valence-electron chi connectivity index (χ3n) is 5.56. The van der Waals surface area contributed by atoms with E-state index in [1.807, 2.05) is 41.6 Å². The van der Waals surface area contributed by atoms with Crippen LogP contribution in [0.3, 0.4) is 0 Å². The van der Waals surface area contributed by atoms with Crippen LogP contribution in [0.2, 0.25) is 0 Å². The van der Waals surface area contributed by atoms with Gasteiger partial charge in [-0.05, 0) is 61.4 Å². The average molecular weight is 392 g/mol. The number of rotatable bonds is 4. The quantitative estimate of drug-likeness (QED) is 0.628. The Balaban J connectivity index is 1.56. The highest BCUT2D eigenvalue weighted by Crippen LogP contribution is 2.34. The zero-order valence-corrected chi connectivity index (χ0v) is 17.1. The molecular weight excluding hydrogens is 366 g/mol. The fraction of sp³-hybridized carbons (Fsp3) is 0.304. The van der Waals surface area contributed by atoms with Crippen molar-refractivity contribution in [1.82, 2.24) is 15.1 Å². The van der Waals surface area contributed by atoms with Crippen LogP contribution in [0.15, 0.2) is 59.6 Å². The van der Waals surface area contributed by atoms with Crippen LogP contribution in [0.1, 0.15) is 40.4 Å². The molecule has 5 heteroatoms. The van der Waals surface area contributed by atoms with Crippen LogP contribution in [-0.2, 0) is 0 Å². The van der Waals surface area contributed by atoms with Crippen molar-refractivity contribution < 1.29 is 4.79 Å². The van der Waals surface area contributed by atoms with Crippen molar-refractivity contribution in [2.45, 2.75) is 30.6 Å². The smallest absolute Gasteiger partial charge is 0.253 e. The molecule has 1 atom stereocenters. The molecule has 1 aromatic heterocycles. The normalized spacial score (nSPS) is 16.9. The molecule has 3 aromatic rings. The molecule has 2 heterocycles. The van der Waals surface area contributed by atoms with Gasteiger partial charge in [-0.2, -0.15) is 5.10 Å². The van der Waals surface area contributed by atoms with Gasteiger partial charge in [0.25, 0.3) is 5.91 Å². The van der Waals surface area contributed by atoms with Crippen LogP contribution in [-0.4, -0.2) is 40.3 Å². The lowest BCUT2D eigenvalue weighted by atomic mass is 9.89. The van der Waals surface area contributed by atoms with E-state index in [9.17, 15) is 4.79 Å². The summed E-state index contributed by atoms with van der Waals surface area (Å²) in [7, 11) is 0. The van der Waals surface area contributed by atoms with Gasteiger partial charge in [-0.1, -0.05) is 24.3 Å². The van der Waals surface area contributed by atoms with Gasteiger partial charge in [0.2, 0.25) is 0 Å². The summed E-state index contributed by atoms with van der Waals surface area (Å²) in [6.07, 6.45) is 6.03. The maximum absolute atomic E-state index is 13.0. The first-order chi connectivity index (χ1) is 13.7. The largest absolute Gasteiger partial charge is 0.338 e. The summed E-state index contributed by atoms with van der Waals surface area (Å²) in [6, 6.07) is 16.3. The van der Waals surface area contributed by atoms with Crippen molar-refractivity contribution in [1.29, 1.82) is 0 Å². The Labute approximate surface area is 170 Å². The van der Waals surface area contributed by atoms with E-state index < -0.39 is 0 Å². The van der Waals surface area contributed by atoms with Crippen LogP contribution < -0.4 is 0 Å². The molecule has 0 saturated carbocycles. The number of aryl methyl sites for hydroxylation is 1. The number of carbonyl (C=O) groups excluding carboxylic acids is 1. The minimum absolute atomic E-state index is 0.120. The third-order valence-corrected chi connectivity index (χ3v) is 6.30. The van der Waals surface area contributed by atoms with Crippen LogP contribution in [0.5, 0.6) is 0 Å². The zero-order chi connectivity index (χ0) is 19.5. The Kier molecular flexibility index (Phi) is 5.53. The minimum atomic E-state index is 0.120. The lowest BCUT2D eigenvalue weighted by molar-refractivity contribution is 0.0706. The number of nitrogens with one attached hydrogen (secondary N) is 1. The number of benzene rings is 2. The highest BCUT2D eigenvalue weighted by molar-refractivity contribution is 7.98. The third kappa shape index (κ3) is 3.72. The van der Waals surface area contributed by atoms with Crippen molar-refractivity contribution in [3.05, 3.63) is 71.5 Å². The first-order valence-electron chi connectivity index (χ1n) is 9.70. The van der Waals surface area contributed by atoms with E-state index >= 15 is 0 Å². The summed E-state index contributed by atoms with van der Waals surface area (Å²) in [4.78, 5) is 16.2. The standard InChI is InChI=1S/C23H25N3OS/c1-16-6-3-4-8-20(16)21-14-24-25-22(21)18-7-5-13-26(15-18)23(27)17-9-11-19(28-2)12-10-17/h3-4,6,8-12,14,18H,5,7,13,15H2,1-2H3,(H,24,25). The van der Waals surface area contributed by atoms with Crippen molar-refractivity contribution in [3.63, 3.8) is 0 Å². The number of hydrogen-bond acceptors (Lipinski definition) is 3. The van der Waals surface area contributed by atoms with Gasteiger partial charge >= 0.3 is 0 Å².